The summed E-state index contributed by atoms with van der Waals surface area (Å²) in [4.78, 5) is 24.9. The van der Waals surface area contributed by atoms with Crippen LogP contribution in [0.15, 0.2) is 36.7 Å². The van der Waals surface area contributed by atoms with Crippen molar-refractivity contribution in [3.8, 4) is 0 Å². The second kappa shape index (κ2) is 5.40. The fourth-order valence-corrected chi connectivity index (χ4v) is 2.50. The molecule has 0 radical (unpaired) electrons. The van der Waals surface area contributed by atoms with Crippen LogP contribution in [0.1, 0.15) is 27.9 Å². The highest BCUT2D eigenvalue weighted by atomic mass is 16.4. The molecule has 0 saturated heterocycles. The number of aromatic carboxylic acids is 1. The Bertz CT molecular complexity index is 679. The van der Waals surface area contributed by atoms with Crippen molar-refractivity contribution in [1.29, 1.82) is 0 Å². The van der Waals surface area contributed by atoms with Gasteiger partial charge in [0.15, 0.2) is 0 Å². The summed E-state index contributed by atoms with van der Waals surface area (Å²) in [5.41, 5.74) is 2.20. The standard InChI is InChI=1S/C15H15N3O3/c19-14(4-7-18-6-1-5-16-18)17-9-12-3-2-11(15(20)21)8-13(12)10-17/h1-3,5-6,8H,4,7,9-10H2,(H,20,21). The van der Waals surface area contributed by atoms with E-state index in [1.165, 1.54) is 0 Å². The van der Waals surface area contributed by atoms with Gasteiger partial charge in [-0.1, -0.05) is 6.07 Å². The van der Waals surface area contributed by atoms with E-state index in [2.05, 4.69) is 5.10 Å². The number of rotatable bonds is 4. The highest BCUT2D eigenvalue weighted by Crippen LogP contribution is 2.24. The fraction of sp³-hybridized carbons (Fsp3) is 0.267. The van der Waals surface area contributed by atoms with Crippen LogP contribution in [0.3, 0.4) is 0 Å². The minimum absolute atomic E-state index is 0.0542. The molecule has 6 heteroatoms. The number of fused-ring (bicyclic) bond motifs is 1. The summed E-state index contributed by atoms with van der Waals surface area (Å²) in [6.45, 7) is 1.58. The Morgan fingerprint density at radius 2 is 2.05 bits per heavy atom. The van der Waals surface area contributed by atoms with Crippen LogP contribution >= 0.6 is 0 Å². The van der Waals surface area contributed by atoms with Crippen molar-refractivity contribution in [2.24, 2.45) is 0 Å². The van der Waals surface area contributed by atoms with Gasteiger partial charge in [0.05, 0.1) is 5.56 Å². The summed E-state index contributed by atoms with van der Waals surface area (Å²) in [7, 11) is 0. The van der Waals surface area contributed by atoms with E-state index in [4.69, 9.17) is 5.11 Å². The summed E-state index contributed by atoms with van der Waals surface area (Å²) < 4.78 is 1.73. The number of aromatic nitrogens is 2. The molecular formula is C15H15N3O3. The number of carboxylic acids is 1. The van der Waals surface area contributed by atoms with Crippen molar-refractivity contribution in [1.82, 2.24) is 14.7 Å². The first-order valence-corrected chi connectivity index (χ1v) is 6.74. The van der Waals surface area contributed by atoms with Gasteiger partial charge in [-0.2, -0.15) is 5.10 Å². The number of aryl methyl sites for hydroxylation is 1. The van der Waals surface area contributed by atoms with Gasteiger partial charge < -0.3 is 10.0 Å². The minimum atomic E-state index is -0.943. The van der Waals surface area contributed by atoms with Gasteiger partial charge in [0.2, 0.25) is 5.91 Å². The zero-order valence-corrected chi connectivity index (χ0v) is 11.4. The zero-order chi connectivity index (χ0) is 14.8. The Labute approximate surface area is 121 Å². The van der Waals surface area contributed by atoms with Crippen molar-refractivity contribution in [2.45, 2.75) is 26.1 Å². The van der Waals surface area contributed by atoms with Crippen LogP contribution in [-0.2, 0) is 24.4 Å². The maximum absolute atomic E-state index is 12.2. The van der Waals surface area contributed by atoms with Crippen molar-refractivity contribution in [2.75, 3.05) is 0 Å². The second-order valence-electron chi connectivity index (χ2n) is 5.06. The number of carbonyl (C=O) groups is 2. The van der Waals surface area contributed by atoms with Gasteiger partial charge in [0, 0.05) is 38.4 Å². The van der Waals surface area contributed by atoms with Crippen LogP contribution < -0.4 is 0 Å². The number of nitrogens with zero attached hydrogens (tertiary/aromatic N) is 3. The second-order valence-corrected chi connectivity index (χ2v) is 5.06. The smallest absolute Gasteiger partial charge is 0.335 e. The molecule has 0 atom stereocenters. The normalized spacial score (nSPS) is 13.2. The molecule has 0 aliphatic carbocycles. The lowest BCUT2D eigenvalue weighted by Gasteiger charge is -2.15. The van der Waals surface area contributed by atoms with Gasteiger partial charge in [-0.3, -0.25) is 9.48 Å². The highest BCUT2D eigenvalue weighted by molar-refractivity contribution is 5.88. The van der Waals surface area contributed by atoms with Crippen LogP contribution in [0.2, 0.25) is 0 Å². The van der Waals surface area contributed by atoms with E-state index in [-0.39, 0.29) is 11.5 Å². The third-order valence-corrected chi connectivity index (χ3v) is 3.64. The van der Waals surface area contributed by atoms with Crippen LogP contribution in [-0.4, -0.2) is 31.7 Å². The fourth-order valence-electron chi connectivity index (χ4n) is 2.50. The molecule has 1 aromatic carbocycles. The van der Waals surface area contributed by atoms with E-state index >= 15 is 0 Å². The highest BCUT2D eigenvalue weighted by Gasteiger charge is 2.23. The predicted molar refractivity (Wildman–Crippen MR) is 74.5 cm³/mol. The van der Waals surface area contributed by atoms with Gasteiger partial charge in [0.1, 0.15) is 0 Å². The molecule has 2 heterocycles. The molecule has 1 amide bonds. The van der Waals surface area contributed by atoms with Gasteiger partial charge in [0.25, 0.3) is 0 Å². The average Bonchev–Trinajstić information content (AvgIpc) is 3.12. The molecule has 0 fully saturated rings. The predicted octanol–water partition coefficient (Wildman–Crippen LogP) is 1.51. The number of carboxylic acid groups (broad SMARTS) is 1. The first-order valence-electron chi connectivity index (χ1n) is 6.74. The maximum atomic E-state index is 12.2. The van der Waals surface area contributed by atoms with Crippen molar-refractivity contribution in [3.05, 3.63) is 53.3 Å². The zero-order valence-electron chi connectivity index (χ0n) is 11.4. The number of amides is 1. The van der Waals surface area contributed by atoms with Crippen molar-refractivity contribution < 1.29 is 14.7 Å². The minimum Gasteiger partial charge on any atom is -0.478 e. The lowest BCUT2D eigenvalue weighted by Crippen LogP contribution is -2.26. The molecule has 108 valence electrons. The maximum Gasteiger partial charge on any atom is 0.335 e. The van der Waals surface area contributed by atoms with E-state index in [9.17, 15) is 9.59 Å². The van der Waals surface area contributed by atoms with E-state index in [1.807, 2.05) is 12.3 Å². The van der Waals surface area contributed by atoms with Crippen LogP contribution in [0.4, 0.5) is 0 Å². The molecule has 0 spiro atoms. The topological polar surface area (TPSA) is 75.4 Å². The molecule has 1 aliphatic heterocycles. The van der Waals surface area contributed by atoms with Crippen LogP contribution in [0.5, 0.6) is 0 Å². The van der Waals surface area contributed by atoms with Crippen LogP contribution in [0, 0.1) is 0 Å². The molecule has 0 saturated carbocycles. The lowest BCUT2D eigenvalue weighted by atomic mass is 10.1. The Kier molecular flexibility index (Phi) is 3.43. The Morgan fingerprint density at radius 3 is 2.76 bits per heavy atom. The monoisotopic (exact) mass is 285 g/mol. The molecule has 0 bridgehead atoms. The third-order valence-electron chi connectivity index (χ3n) is 3.64. The summed E-state index contributed by atoms with van der Waals surface area (Å²) in [6.07, 6.45) is 3.90. The van der Waals surface area contributed by atoms with E-state index < -0.39 is 5.97 Å². The summed E-state index contributed by atoms with van der Waals surface area (Å²) >= 11 is 0. The molecule has 2 aromatic rings. The average molecular weight is 285 g/mol. The van der Waals surface area contributed by atoms with Gasteiger partial charge in [-0.25, -0.2) is 4.79 Å². The van der Waals surface area contributed by atoms with Crippen molar-refractivity contribution >= 4 is 11.9 Å². The summed E-state index contributed by atoms with van der Waals surface area (Å²) in [5, 5.41) is 13.1. The molecular weight excluding hydrogens is 270 g/mol. The number of benzene rings is 1. The van der Waals surface area contributed by atoms with Gasteiger partial charge in [-0.15, -0.1) is 0 Å². The molecule has 3 rings (SSSR count). The molecule has 6 nitrogen and oxygen atoms in total. The van der Waals surface area contributed by atoms with Gasteiger partial charge in [-0.05, 0) is 29.3 Å². The van der Waals surface area contributed by atoms with Crippen LogP contribution in [0.25, 0.3) is 0 Å². The molecule has 1 aliphatic rings. The summed E-state index contributed by atoms with van der Waals surface area (Å²) in [6, 6.07) is 6.85. The quantitative estimate of drug-likeness (QED) is 0.924. The number of hydrogen-bond donors (Lipinski definition) is 1. The Hall–Kier alpha value is -2.63. The van der Waals surface area contributed by atoms with Gasteiger partial charge >= 0.3 is 5.97 Å². The SMILES string of the molecule is O=C(O)c1ccc2c(c1)CN(C(=O)CCn1cccn1)C2. The molecule has 1 aromatic heterocycles. The van der Waals surface area contributed by atoms with E-state index in [0.29, 0.717) is 26.1 Å². The van der Waals surface area contributed by atoms with E-state index in [0.717, 1.165) is 11.1 Å². The van der Waals surface area contributed by atoms with Crippen molar-refractivity contribution in [3.63, 3.8) is 0 Å². The largest absolute Gasteiger partial charge is 0.478 e. The molecule has 1 N–H and O–H groups in total. The number of hydrogen-bond acceptors (Lipinski definition) is 3. The lowest BCUT2D eigenvalue weighted by molar-refractivity contribution is -0.132. The first kappa shape index (κ1) is 13.4. The Morgan fingerprint density at radius 1 is 1.24 bits per heavy atom. The third kappa shape index (κ3) is 2.79. The van der Waals surface area contributed by atoms with E-state index in [1.54, 1.807) is 34.0 Å². The summed E-state index contributed by atoms with van der Waals surface area (Å²) in [5.74, 6) is -0.889. The molecule has 0 unspecified atom stereocenters. The number of carbonyl (C=O) groups excluding carboxylic acids is 1. The Balaban J connectivity index is 1.64. The molecule has 21 heavy (non-hydrogen) atoms. The first-order chi connectivity index (χ1) is 10.1.